The third-order valence-electron chi connectivity index (χ3n) is 6.24. The molecule has 3 aromatic rings. The smallest absolute Gasteiger partial charge is 0.253 e. The lowest BCUT2D eigenvalue weighted by Crippen LogP contribution is -2.41. The van der Waals surface area contributed by atoms with E-state index in [4.69, 9.17) is 0 Å². The molecule has 1 atom stereocenters. The topological polar surface area (TPSA) is 85.0 Å². The first-order valence-corrected chi connectivity index (χ1v) is 11.5. The number of rotatable bonds is 7. The minimum Gasteiger partial charge on any atom is -0.354 e. The van der Waals surface area contributed by atoms with Crippen LogP contribution in [0.5, 0.6) is 0 Å². The Morgan fingerprint density at radius 3 is 2.81 bits per heavy atom. The number of nitrogens with one attached hydrogen (secondary N) is 1. The Bertz CT molecular complexity index is 1120. The fourth-order valence-electron chi connectivity index (χ4n) is 4.58. The average Bonchev–Trinajstić information content (AvgIpc) is 3.34. The van der Waals surface area contributed by atoms with Crippen molar-refractivity contribution < 1.29 is 9.59 Å². The van der Waals surface area contributed by atoms with E-state index in [2.05, 4.69) is 26.9 Å². The number of carbonyl (C=O) groups excluding carboxylic acids is 2. The van der Waals surface area contributed by atoms with E-state index >= 15 is 0 Å². The quantitative estimate of drug-likeness (QED) is 0.617. The highest BCUT2D eigenvalue weighted by atomic mass is 16.2. The molecule has 3 heterocycles. The summed E-state index contributed by atoms with van der Waals surface area (Å²) < 4.78 is 3.98. The molecule has 1 unspecified atom stereocenters. The highest BCUT2D eigenvalue weighted by Crippen LogP contribution is 2.23. The summed E-state index contributed by atoms with van der Waals surface area (Å²) in [5, 5.41) is 7.43. The number of aromatic nitrogens is 4. The highest BCUT2D eigenvalue weighted by molar-refractivity contribution is 5.97. The van der Waals surface area contributed by atoms with Gasteiger partial charge < -0.3 is 14.8 Å². The van der Waals surface area contributed by atoms with Crippen LogP contribution >= 0.6 is 0 Å². The molecular formula is C24H32N6O2. The highest BCUT2D eigenvalue weighted by Gasteiger charge is 2.26. The Balaban J connectivity index is 1.30. The molecule has 1 aliphatic rings. The Labute approximate surface area is 188 Å². The minimum atomic E-state index is 0.0209. The van der Waals surface area contributed by atoms with Crippen LogP contribution in [0, 0.1) is 19.8 Å². The van der Waals surface area contributed by atoms with Crippen LogP contribution in [0.2, 0.25) is 0 Å². The Hall–Kier alpha value is -3.16. The third-order valence-corrected chi connectivity index (χ3v) is 6.24. The van der Waals surface area contributed by atoms with Gasteiger partial charge in [0.15, 0.2) is 0 Å². The summed E-state index contributed by atoms with van der Waals surface area (Å²) in [6.45, 7) is 9.47. The van der Waals surface area contributed by atoms with Crippen molar-refractivity contribution in [2.75, 3.05) is 19.6 Å². The number of benzene rings is 1. The molecule has 1 fully saturated rings. The van der Waals surface area contributed by atoms with Crippen LogP contribution in [0.4, 0.5) is 0 Å². The molecule has 8 nitrogen and oxygen atoms in total. The number of amides is 2. The standard InChI is InChI=1S/C24H32N6O2/c1-4-28-16-26-21-14-20(7-8-22(21)28)24(32)29-10-5-6-19(15-29)13-23(31)25-9-11-30-18(3)12-17(2)27-30/h7-8,12,14,16,19H,4-6,9-11,13,15H2,1-3H3,(H,25,31). The fourth-order valence-corrected chi connectivity index (χ4v) is 4.58. The molecule has 0 spiro atoms. The van der Waals surface area contributed by atoms with E-state index in [1.54, 1.807) is 0 Å². The Morgan fingerprint density at radius 1 is 1.22 bits per heavy atom. The van der Waals surface area contributed by atoms with Crippen molar-refractivity contribution in [3.63, 3.8) is 0 Å². The first-order valence-electron chi connectivity index (χ1n) is 11.5. The van der Waals surface area contributed by atoms with Crippen LogP contribution < -0.4 is 5.32 Å². The third kappa shape index (κ3) is 4.84. The molecule has 0 saturated carbocycles. The van der Waals surface area contributed by atoms with Gasteiger partial charge in [0.2, 0.25) is 5.91 Å². The van der Waals surface area contributed by atoms with Gasteiger partial charge in [-0.3, -0.25) is 14.3 Å². The maximum Gasteiger partial charge on any atom is 0.253 e. The second-order valence-corrected chi connectivity index (χ2v) is 8.70. The summed E-state index contributed by atoms with van der Waals surface area (Å²) in [6, 6.07) is 7.76. The number of likely N-dealkylation sites (tertiary alicyclic amines) is 1. The molecular weight excluding hydrogens is 404 g/mol. The first kappa shape index (κ1) is 22.0. The lowest BCUT2D eigenvalue weighted by molar-refractivity contribution is -0.122. The molecule has 4 rings (SSSR count). The summed E-state index contributed by atoms with van der Waals surface area (Å²) >= 11 is 0. The van der Waals surface area contributed by atoms with E-state index in [-0.39, 0.29) is 17.7 Å². The molecule has 170 valence electrons. The maximum absolute atomic E-state index is 13.1. The van der Waals surface area contributed by atoms with Crippen molar-refractivity contribution in [1.82, 2.24) is 29.5 Å². The van der Waals surface area contributed by atoms with Crippen LogP contribution in [0.3, 0.4) is 0 Å². The number of hydrogen-bond acceptors (Lipinski definition) is 4. The molecule has 0 bridgehead atoms. The summed E-state index contributed by atoms with van der Waals surface area (Å²) in [7, 11) is 0. The lowest BCUT2D eigenvalue weighted by Gasteiger charge is -2.32. The largest absolute Gasteiger partial charge is 0.354 e. The molecule has 32 heavy (non-hydrogen) atoms. The van der Waals surface area contributed by atoms with Crippen molar-refractivity contribution >= 4 is 22.8 Å². The van der Waals surface area contributed by atoms with Crippen molar-refractivity contribution in [3.05, 3.63) is 47.5 Å². The van der Waals surface area contributed by atoms with Crippen molar-refractivity contribution in [1.29, 1.82) is 0 Å². The lowest BCUT2D eigenvalue weighted by atomic mass is 9.94. The normalized spacial score (nSPS) is 16.5. The monoisotopic (exact) mass is 436 g/mol. The molecule has 0 radical (unpaired) electrons. The summed E-state index contributed by atoms with van der Waals surface area (Å²) in [5.74, 6) is 0.245. The molecule has 1 saturated heterocycles. The fraction of sp³-hybridized carbons (Fsp3) is 0.500. The zero-order chi connectivity index (χ0) is 22.7. The Kier molecular flexibility index (Phi) is 6.58. The predicted octanol–water partition coefficient (Wildman–Crippen LogP) is 2.93. The molecule has 1 N–H and O–H groups in total. The van der Waals surface area contributed by atoms with Crippen LogP contribution in [0.15, 0.2) is 30.6 Å². The van der Waals surface area contributed by atoms with Crippen LogP contribution in [0.25, 0.3) is 11.0 Å². The van der Waals surface area contributed by atoms with Crippen molar-refractivity contribution in [3.8, 4) is 0 Å². The molecule has 2 amide bonds. The van der Waals surface area contributed by atoms with E-state index < -0.39 is 0 Å². The second kappa shape index (κ2) is 9.54. The number of aryl methyl sites for hydroxylation is 3. The number of hydrogen-bond donors (Lipinski definition) is 1. The summed E-state index contributed by atoms with van der Waals surface area (Å²) in [5.41, 5.74) is 4.62. The van der Waals surface area contributed by atoms with Gasteiger partial charge in [0.05, 0.1) is 29.6 Å². The predicted molar refractivity (Wildman–Crippen MR) is 123 cm³/mol. The van der Waals surface area contributed by atoms with Gasteiger partial charge in [-0.2, -0.15) is 5.10 Å². The van der Waals surface area contributed by atoms with Crippen LogP contribution in [0.1, 0.15) is 47.9 Å². The van der Waals surface area contributed by atoms with E-state index in [1.807, 2.05) is 54.0 Å². The maximum atomic E-state index is 13.1. The number of imidazole rings is 1. The van der Waals surface area contributed by atoms with Gasteiger partial charge in [0, 0.05) is 43.9 Å². The minimum absolute atomic E-state index is 0.0209. The molecule has 1 aromatic carbocycles. The molecule has 1 aliphatic heterocycles. The first-order chi connectivity index (χ1) is 15.4. The van der Waals surface area contributed by atoms with Crippen LogP contribution in [-0.4, -0.2) is 55.7 Å². The van der Waals surface area contributed by atoms with Crippen molar-refractivity contribution in [2.24, 2.45) is 5.92 Å². The molecule has 8 heteroatoms. The van der Waals surface area contributed by atoms with Crippen molar-refractivity contribution in [2.45, 2.75) is 53.1 Å². The molecule has 0 aliphatic carbocycles. The van der Waals surface area contributed by atoms with E-state index in [0.717, 1.165) is 48.4 Å². The van der Waals surface area contributed by atoms with Gasteiger partial charge in [0.1, 0.15) is 0 Å². The number of piperidine rings is 1. The summed E-state index contributed by atoms with van der Waals surface area (Å²) in [4.78, 5) is 31.9. The van der Waals surface area contributed by atoms with Gasteiger partial charge in [-0.1, -0.05) is 0 Å². The average molecular weight is 437 g/mol. The van der Waals surface area contributed by atoms with Gasteiger partial charge in [-0.25, -0.2) is 4.98 Å². The van der Waals surface area contributed by atoms with Gasteiger partial charge in [0.25, 0.3) is 5.91 Å². The van der Waals surface area contributed by atoms with E-state index in [9.17, 15) is 9.59 Å². The van der Waals surface area contributed by atoms with Gasteiger partial charge >= 0.3 is 0 Å². The number of fused-ring (bicyclic) bond motifs is 1. The van der Waals surface area contributed by atoms with E-state index in [1.165, 1.54) is 0 Å². The summed E-state index contributed by atoms with van der Waals surface area (Å²) in [6.07, 6.45) is 4.14. The van der Waals surface area contributed by atoms with E-state index in [0.29, 0.717) is 31.6 Å². The molecule has 2 aromatic heterocycles. The van der Waals surface area contributed by atoms with Crippen LogP contribution in [-0.2, 0) is 17.9 Å². The van der Waals surface area contributed by atoms with Gasteiger partial charge in [-0.15, -0.1) is 0 Å². The second-order valence-electron chi connectivity index (χ2n) is 8.70. The SMILES string of the molecule is CCn1cnc2cc(C(=O)N3CCCC(CC(=O)NCCn4nc(C)cc4C)C3)ccc21. The van der Waals surface area contributed by atoms with Gasteiger partial charge in [-0.05, 0) is 63.8 Å². The number of nitrogens with zero attached hydrogens (tertiary/aromatic N) is 5. The Morgan fingerprint density at radius 2 is 2.06 bits per heavy atom. The zero-order valence-electron chi connectivity index (χ0n) is 19.2. The zero-order valence-corrected chi connectivity index (χ0v) is 19.2. The number of carbonyl (C=O) groups is 2.